The van der Waals surface area contributed by atoms with E-state index < -0.39 is 0 Å². The number of nitrogens with one attached hydrogen (secondary N) is 1. The summed E-state index contributed by atoms with van der Waals surface area (Å²) < 4.78 is 11.6. The van der Waals surface area contributed by atoms with Crippen molar-refractivity contribution >= 4 is 15.9 Å². The van der Waals surface area contributed by atoms with Crippen molar-refractivity contribution in [1.29, 1.82) is 0 Å². The standard InChI is InChI=1S/C12H20BrNO2/c1-3-6-14-11(9-15-7-4-2)10-5-8-16-12(10)13/h5,8,11,14H,3-4,6-7,9H2,1-2H3. The molecule has 3 nitrogen and oxygen atoms in total. The van der Waals surface area contributed by atoms with Gasteiger partial charge in [0.25, 0.3) is 0 Å². The maximum Gasteiger partial charge on any atom is 0.173 e. The summed E-state index contributed by atoms with van der Waals surface area (Å²) in [5.41, 5.74) is 1.13. The quantitative estimate of drug-likeness (QED) is 0.744. The average molecular weight is 290 g/mol. The number of ether oxygens (including phenoxy) is 1. The molecule has 0 aliphatic rings. The summed E-state index contributed by atoms with van der Waals surface area (Å²) in [6.45, 7) is 6.74. The Kier molecular flexibility index (Phi) is 6.76. The highest BCUT2D eigenvalue weighted by molar-refractivity contribution is 9.10. The van der Waals surface area contributed by atoms with Crippen LogP contribution in [-0.4, -0.2) is 19.8 Å². The largest absolute Gasteiger partial charge is 0.457 e. The normalized spacial score (nSPS) is 12.9. The first-order valence-electron chi connectivity index (χ1n) is 5.83. The highest BCUT2D eigenvalue weighted by Gasteiger charge is 2.15. The van der Waals surface area contributed by atoms with Crippen LogP contribution in [0.3, 0.4) is 0 Å². The van der Waals surface area contributed by atoms with Gasteiger partial charge in [0.2, 0.25) is 0 Å². The highest BCUT2D eigenvalue weighted by atomic mass is 79.9. The van der Waals surface area contributed by atoms with E-state index in [1.54, 1.807) is 6.26 Å². The third-order valence-corrected chi connectivity index (χ3v) is 2.94. The second-order valence-corrected chi connectivity index (χ2v) is 4.45. The van der Waals surface area contributed by atoms with Gasteiger partial charge in [0, 0.05) is 12.2 Å². The molecule has 0 spiro atoms. The van der Waals surface area contributed by atoms with Crippen LogP contribution in [0.2, 0.25) is 0 Å². The molecule has 0 aromatic carbocycles. The van der Waals surface area contributed by atoms with Gasteiger partial charge in [-0.05, 0) is 41.4 Å². The predicted octanol–water partition coefficient (Wildman–Crippen LogP) is 3.51. The van der Waals surface area contributed by atoms with E-state index in [2.05, 4.69) is 35.1 Å². The van der Waals surface area contributed by atoms with Crippen LogP contribution in [0.4, 0.5) is 0 Å². The van der Waals surface area contributed by atoms with E-state index in [-0.39, 0.29) is 6.04 Å². The summed E-state index contributed by atoms with van der Waals surface area (Å²) in [5.74, 6) is 0. The van der Waals surface area contributed by atoms with Gasteiger partial charge in [-0.25, -0.2) is 0 Å². The first kappa shape index (κ1) is 13.7. The summed E-state index contributed by atoms with van der Waals surface area (Å²) in [6.07, 6.45) is 3.85. The van der Waals surface area contributed by atoms with Crippen molar-refractivity contribution in [3.63, 3.8) is 0 Å². The fourth-order valence-corrected chi connectivity index (χ4v) is 1.99. The van der Waals surface area contributed by atoms with Crippen LogP contribution in [0, 0.1) is 0 Å². The van der Waals surface area contributed by atoms with Gasteiger partial charge in [-0.1, -0.05) is 13.8 Å². The van der Waals surface area contributed by atoms with Crippen molar-refractivity contribution in [2.75, 3.05) is 19.8 Å². The monoisotopic (exact) mass is 289 g/mol. The summed E-state index contributed by atoms with van der Waals surface area (Å²) in [7, 11) is 0. The zero-order valence-corrected chi connectivity index (χ0v) is 11.5. The fourth-order valence-electron chi connectivity index (χ4n) is 1.48. The zero-order valence-electron chi connectivity index (χ0n) is 9.96. The van der Waals surface area contributed by atoms with Gasteiger partial charge in [0.05, 0.1) is 18.9 Å². The summed E-state index contributed by atoms with van der Waals surface area (Å²) in [6, 6.07) is 2.19. The summed E-state index contributed by atoms with van der Waals surface area (Å²) >= 11 is 3.41. The SMILES string of the molecule is CCCNC(COCCC)c1ccoc1Br. The first-order valence-corrected chi connectivity index (χ1v) is 6.62. The molecule has 4 heteroatoms. The Bertz CT molecular complexity index is 288. The molecular weight excluding hydrogens is 270 g/mol. The Hall–Kier alpha value is -0.320. The number of hydrogen-bond acceptors (Lipinski definition) is 3. The molecule has 1 aromatic rings. The molecule has 0 aliphatic carbocycles. The predicted molar refractivity (Wildman–Crippen MR) is 68.6 cm³/mol. The van der Waals surface area contributed by atoms with Gasteiger partial charge in [0.15, 0.2) is 4.67 Å². The van der Waals surface area contributed by atoms with E-state index in [1.807, 2.05) is 6.07 Å². The summed E-state index contributed by atoms with van der Waals surface area (Å²) in [4.78, 5) is 0. The van der Waals surface area contributed by atoms with E-state index in [0.29, 0.717) is 6.61 Å². The lowest BCUT2D eigenvalue weighted by Crippen LogP contribution is -2.26. The number of hydrogen-bond donors (Lipinski definition) is 1. The molecule has 0 saturated carbocycles. The Morgan fingerprint density at radius 3 is 2.81 bits per heavy atom. The van der Waals surface area contributed by atoms with Gasteiger partial charge in [-0.15, -0.1) is 0 Å². The summed E-state index contributed by atoms with van der Waals surface area (Å²) in [5, 5.41) is 3.46. The maximum absolute atomic E-state index is 5.60. The lowest BCUT2D eigenvalue weighted by molar-refractivity contribution is 0.111. The van der Waals surface area contributed by atoms with Crippen LogP contribution in [0.15, 0.2) is 21.4 Å². The molecule has 1 N–H and O–H groups in total. The van der Waals surface area contributed by atoms with Crippen LogP contribution in [0.1, 0.15) is 38.3 Å². The number of rotatable bonds is 8. The molecule has 0 saturated heterocycles. The number of halogens is 1. The molecule has 92 valence electrons. The van der Waals surface area contributed by atoms with Crippen LogP contribution in [0.5, 0.6) is 0 Å². The van der Waals surface area contributed by atoms with E-state index in [0.717, 1.165) is 36.2 Å². The molecule has 0 bridgehead atoms. The molecule has 16 heavy (non-hydrogen) atoms. The van der Waals surface area contributed by atoms with Crippen LogP contribution >= 0.6 is 15.9 Å². The van der Waals surface area contributed by atoms with Crippen molar-refractivity contribution < 1.29 is 9.15 Å². The van der Waals surface area contributed by atoms with Crippen molar-refractivity contribution in [1.82, 2.24) is 5.32 Å². The van der Waals surface area contributed by atoms with Crippen LogP contribution in [-0.2, 0) is 4.74 Å². The molecule has 0 aliphatic heterocycles. The van der Waals surface area contributed by atoms with Crippen molar-refractivity contribution in [3.05, 3.63) is 22.6 Å². The van der Waals surface area contributed by atoms with Crippen molar-refractivity contribution in [3.8, 4) is 0 Å². The maximum atomic E-state index is 5.60. The minimum absolute atomic E-state index is 0.208. The minimum atomic E-state index is 0.208. The van der Waals surface area contributed by atoms with E-state index in [4.69, 9.17) is 9.15 Å². The molecule has 1 heterocycles. The molecule has 0 radical (unpaired) electrons. The Labute approximate surface area is 106 Å². The van der Waals surface area contributed by atoms with E-state index in [1.165, 1.54) is 0 Å². The van der Waals surface area contributed by atoms with E-state index >= 15 is 0 Å². The van der Waals surface area contributed by atoms with Gasteiger partial charge < -0.3 is 14.5 Å². The van der Waals surface area contributed by atoms with Crippen molar-refractivity contribution in [2.45, 2.75) is 32.7 Å². The Morgan fingerprint density at radius 2 is 2.25 bits per heavy atom. The third kappa shape index (κ3) is 4.28. The van der Waals surface area contributed by atoms with Crippen molar-refractivity contribution in [2.24, 2.45) is 0 Å². The van der Waals surface area contributed by atoms with Gasteiger partial charge in [-0.2, -0.15) is 0 Å². The molecule has 1 unspecified atom stereocenters. The number of furan rings is 1. The molecule has 1 atom stereocenters. The lowest BCUT2D eigenvalue weighted by Gasteiger charge is -2.17. The average Bonchev–Trinajstić information content (AvgIpc) is 2.70. The van der Waals surface area contributed by atoms with Gasteiger partial charge >= 0.3 is 0 Å². The fraction of sp³-hybridized carbons (Fsp3) is 0.667. The molecule has 0 fully saturated rings. The Balaban J connectivity index is 2.53. The Morgan fingerprint density at radius 1 is 1.44 bits per heavy atom. The second kappa shape index (κ2) is 7.87. The zero-order chi connectivity index (χ0) is 11.8. The van der Waals surface area contributed by atoms with Crippen LogP contribution in [0.25, 0.3) is 0 Å². The van der Waals surface area contributed by atoms with Gasteiger partial charge in [0.1, 0.15) is 0 Å². The topological polar surface area (TPSA) is 34.4 Å². The molecule has 0 amide bonds. The lowest BCUT2D eigenvalue weighted by atomic mass is 10.1. The minimum Gasteiger partial charge on any atom is -0.457 e. The van der Waals surface area contributed by atoms with Gasteiger partial charge in [-0.3, -0.25) is 0 Å². The molecule has 1 rings (SSSR count). The molecular formula is C12H20BrNO2. The highest BCUT2D eigenvalue weighted by Crippen LogP contribution is 2.24. The second-order valence-electron chi connectivity index (χ2n) is 3.73. The third-order valence-electron chi connectivity index (χ3n) is 2.30. The van der Waals surface area contributed by atoms with Crippen LogP contribution < -0.4 is 5.32 Å². The van der Waals surface area contributed by atoms with E-state index in [9.17, 15) is 0 Å². The molecule has 1 aromatic heterocycles. The first-order chi connectivity index (χ1) is 7.79. The smallest absolute Gasteiger partial charge is 0.173 e.